The van der Waals surface area contributed by atoms with E-state index in [1.54, 1.807) is 44.6 Å². The van der Waals surface area contributed by atoms with Gasteiger partial charge in [-0.05, 0) is 63.8 Å². The first kappa shape index (κ1) is 34.4. The molecule has 0 N–H and O–H groups in total. The van der Waals surface area contributed by atoms with E-state index in [1.807, 2.05) is 6.92 Å². The van der Waals surface area contributed by atoms with Crippen molar-refractivity contribution in [2.24, 2.45) is 5.92 Å². The first-order valence-electron chi connectivity index (χ1n) is 13.5. The third kappa shape index (κ3) is 9.94. The Morgan fingerprint density at radius 1 is 0.833 bits per heavy atom. The molecule has 1 atom stereocenters. The van der Waals surface area contributed by atoms with Gasteiger partial charge in [0.15, 0.2) is 26.2 Å². The van der Waals surface area contributed by atoms with Gasteiger partial charge in [-0.25, -0.2) is 0 Å². The SMILES string of the molecule is C=C(C)C(CC=C(C)C)Cc1c(OCOC)cc(OC)c(C(=O)/C=C/c2ccc(OCOC)cc2OC)c1OCOC. The smallest absolute Gasteiger partial charge is 0.193 e. The normalized spacial score (nSPS) is 11.6. The minimum Gasteiger partial charge on any atom is -0.496 e. The van der Waals surface area contributed by atoms with E-state index >= 15 is 0 Å². The van der Waals surface area contributed by atoms with Crippen LogP contribution < -0.4 is 23.7 Å². The highest BCUT2D eigenvalue weighted by molar-refractivity contribution is 6.11. The Bertz CT molecular complexity index is 1240. The summed E-state index contributed by atoms with van der Waals surface area (Å²) in [6.45, 7) is 10.3. The van der Waals surface area contributed by atoms with Crippen molar-refractivity contribution >= 4 is 11.9 Å². The zero-order valence-corrected chi connectivity index (χ0v) is 26.0. The minimum absolute atomic E-state index is 0.00264. The number of methoxy groups -OCH3 is 5. The number of hydrogen-bond acceptors (Lipinski definition) is 9. The second-order valence-electron chi connectivity index (χ2n) is 9.78. The van der Waals surface area contributed by atoms with Crippen LogP contribution in [0, 0.1) is 5.92 Å². The number of carbonyl (C=O) groups excluding carboxylic acids is 1. The third-order valence-corrected chi connectivity index (χ3v) is 6.35. The van der Waals surface area contributed by atoms with Crippen molar-refractivity contribution in [2.75, 3.05) is 55.9 Å². The number of allylic oxidation sites excluding steroid dienone is 4. The Morgan fingerprint density at radius 3 is 2.07 bits per heavy atom. The fraction of sp³-hybridized carbons (Fsp3) is 0.424. The number of hydrogen-bond donors (Lipinski definition) is 0. The molecule has 0 heterocycles. The molecule has 9 nitrogen and oxygen atoms in total. The summed E-state index contributed by atoms with van der Waals surface area (Å²) in [5.41, 5.74) is 3.81. The number of ketones is 1. The van der Waals surface area contributed by atoms with Crippen LogP contribution in [-0.4, -0.2) is 61.7 Å². The molecule has 0 saturated heterocycles. The van der Waals surface area contributed by atoms with Gasteiger partial charge in [-0.15, -0.1) is 0 Å². The molecule has 0 spiro atoms. The highest BCUT2D eigenvalue weighted by Gasteiger charge is 2.27. The average Bonchev–Trinajstić information content (AvgIpc) is 2.98. The Balaban J connectivity index is 2.66. The number of ether oxygens (including phenoxy) is 8. The van der Waals surface area contributed by atoms with E-state index in [0.29, 0.717) is 40.5 Å². The van der Waals surface area contributed by atoms with Crippen molar-refractivity contribution in [3.63, 3.8) is 0 Å². The molecule has 0 radical (unpaired) electrons. The van der Waals surface area contributed by atoms with E-state index in [0.717, 1.165) is 12.0 Å². The summed E-state index contributed by atoms with van der Waals surface area (Å²) >= 11 is 0. The van der Waals surface area contributed by atoms with E-state index in [-0.39, 0.29) is 43.4 Å². The van der Waals surface area contributed by atoms with Gasteiger partial charge in [-0.2, -0.15) is 0 Å². The van der Waals surface area contributed by atoms with Gasteiger partial charge >= 0.3 is 0 Å². The summed E-state index contributed by atoms with van der Waals surface area (Å²) in [6, 6.07) is 6.97. The van der Waals surface area contributed by atoms with Gasteiger partial charge in [0.05, 0.1) is 14.2 Å². The van der Waals surface area contributed by atoms with Crippen LogP contribution >= 0.6 is 0 Å². The lowest BCUT2D eigenvalue weighted by atomic mass is 9.87. The van der Waals surface area contributed by atoms with Crippen LogP contribution in [0.2, 0.25) is 0 Å². The van der Waals surface area contributed by atoms with Crippen molar-refractivity contribution in [3.05, 3.63) is 70.8 Å². The molecule has 0 amide bonds. The van der Waals surface area contributed by atoms with Gasteiger partial charge in [0.1, 0.15) is 34.3 Å². The number of rotatable bonds is 19. The molecular formula is C33H44O9. The fourth-order valence-electron chi connectivity index (χ4n) is 4.15. The quantitative estimate of drug-likeness (QED) is 0.0780. The van der Waals surface area contributed by atoms with Crippen molar-refractivity contribution in [1.82, 2.24) is 0 Å². The van der Waals surface area contributed by atoms with E-state index in [9.17, 15) is 4.79 Å². The maximum absolute atomic E-state index is 13.8. The lowest BCUT2D eigenvalue weighted by Gasteiger charge is -2.24. The molecule has 2 rings (SSSR count). The first-order valence-corrected chi connectivity index (χ1v) is 13.5. The van der Waals surface area contributed by atoms with Crippen molar-refractivity contribution in [1.29, 1.82) is 0 Å². The summed E-state index contributed by atoms with van der Waals surface area (Å²) in [7, 11) is 7.64. The second-order valence-corrected chi connectivity index (χ2v) is 9.78. The predicted octanol–water partition coefficient (Wildman–Crippen LogP) is 6.64. The van der Waals surface area contributed by atoms with Gasteiger partial charge < -0.3 is 37.9 Å². The van der Waals surface area contributed by atoms with E-state index in [4.69, 9.17) is 37.9 Å². The summed E-state index contributed by atoms with van der Waals surface area (Å²) in [4.78, 5) is 13.8. The highest BCUT2D eigenvalue weighted by Crippen LogP contribution is 2.42. The predicted molar refractivity (Wildman–Crippen MR) is 163 cm³/mol. The number of carbonyl (C=O) groups is 1. The molecule has 2 aromatic carbocycles. The molecule has 0 aliphatic heterocycles. The Kier molecular flexibility index (Phi) is 14.7. The average molecular weight is 585 g/mol. The monoisotopic (exact) mass is 584 g/mol. The molecule has 0 aliphatic rings. The summed E-state index contributed by atoms with van der Waals surface area (Å²) in [6.07, 6.45) is 6.55. The Labute approximate surface area is 249 Å². The minimum atomic E-state index is -0.338. The van der Waals surface area contributed by atoms with Crippen LogP contribution in [0.5, 0.6) is 28.7 Å². The van der Waals surface area contributed by atoms with Crippen LogP contribution in [0.25, 0.3) is 6.08 Å². The maximum Gasteiger partial charge on any atom is 0.193 e. The fourth-order valence-corrected chi connectivity index (χ4v) is 4.15. The molecule has 1 unspecified atom stereocenters. The molecular weight excluding hydrogens is 540 g/mol. The van der Waals surface area contributed by atoms with Crippen LogP contribution in [0.15, 0.2) is 54.1 Å². The maximum atomic E-state index is 13.8. The zero-order chi connectivity index (χ0) is 31.1. The summed E-state index contributed by atoms with van der Waals surface area (Å²) in [5.74, 6) is 1.92. The molecule has 2 aromatic rings. The third-order valence-electron chi connectivity index (χ3n) is 6.35. The first-order chi connectivity index (χ1) is 20.2. The van der Waals surface area contributed by atoms with Crippen molar-refractivity contribution in [2.45, 2.75) is 33.6 Å². The Morgan fingerprint density at radius 2 is 1.48 bits per heavy atom. The van der Waals surface area contributed by atoms with E-state index in [2.05, 4.69) is 26.5 Å². The van der Waals surface area contributed by atoms with Crippen molar-refractivity contribution in [3.8, 4) is 28.7 Å². The van der Waals surface area contributed by atoms with Crippen LogP contribution in [-0.2, 0) is 20.6 Å². The molecule has 9 heteroatoms. The molecule has 0 aliphatic carbocycles. The highest BCUT2D eigenvalue weighted by atomic mass is 16.7. The molecule has 0 fully saturated rings. The molecule has 42 heavy (non-hydrogen) atoms. The molecule has 230 valence electrons. The summed E-state index contributed by atoms with van der Waals surface area (Å²) < 4.78 is 44.1. The van der Waals surface area contributed by atoms with Crippen LogP contribution in [0.4, 0.5) is 0 Å². The van der Waals surface area contributed by atoms with Crippen LogP contribution in [0.3, 0.4) is 0 Å². The standard InChI is InChI=1S/C33H44O9/c1-22(2)10-11-25(23(3)4)16-27-30(41-20-36-6)18-31(39-9)32(33(27)42-21-37-7)28(34)15-13-24-12-14-26(40-19-35-5)17-29(24)38-8/h10,12-15,17-18,25H,3,11,16,19-21H2,1-2,4-9H3/b15-13+. The molecule has 0 bridgehead atoms. The van der Waals surface area contributed by atoms with Crippen LogP contribution in [0.1, 0.15) is 48.7 Å². The lowest BCUT2D eigenvalue weighted by molar-refractivity contribution is 0.0437. The second kappa shape index (κ2) is 17.9. The Hall–Kier alpha value is -3.79. The van der Waals surface area contributed by atoms with E-state index in [1.165, 1.54) is 33.0 Å². The number of benzene rings is 2. The molecule has 0 saturated carbocycles. The van der Waals surface area contributed by atoms with E-state index < -0.39 is 0 Å². The van der Waals surface area contributed by atoms with Gasteiger partial charge in [0.25, 0.3) is 0 Å². The largest absolute Gasteiger partial charge is 0.496 e. The van der Waals surface area contributed by atoms with Gasteiger partial charge in [-0.1, -0.05) is 23.8 Å². The summed E-state index contributed by atoms with van der Waals surface area (Å²) in [5, 5.41) is 0. The zero-order valence-electron chi connectivity index (χ0n) is 26.0. The molecule has 0 aromatic heterocycles. The lowest BCUT2D eigenvalue weighted by Crippen LogP contribution is -2.15. The van der Waals surface area contributed by atoms with Gasteiger partial charge in [0.2, 0.25) is 0 Å². The van der Waals surface area contributed by atoms with Crippen molar-refractivity contribution < 1.29 is 42.7 Å². The van der Waals surface area contributed by atoms with Gasteiger partial charge in [0, 0.05) is 44.6 Å². The van der Waals surface area contributed by atoms with Gasteiger partial charge in [-0.3, -0.25) is 4.79 Å². The topological polar surface area (TPSA) is 90.9 Å².